The van der Waals surface area contributed by atoms with Gasteiger partial charge in [-0.2, -0.15) is 0 Å². The minimum Gasteiger partial charge on any atom is -0.477 e. The van der Waals surface area contributed by atoms with Gasteiger partial charge in [-0.15, -0.1) is 0 Å². The Bertz CT molecular complexity index is 1240. The molecule has 29 heavy (non-hydrogen) atoms. The van der Waals surface area contributed by atoms with E-state index in [-0.39, 0.29) is 11.7 Å². The molecule has 0 saturated carbocycles. The van der Waals surface area contributed by atoms with E-state index in [1.165, 1.54) is 0 Å². The van der Waals surface area contributed by atoms with Crippen LogP contribution in [0.3, 0.4) is 0 Å². The number of nitrogens with zero attached hydrogens (tertiary/aromatic N) is 2. The maximum absolute atomic E-state index is 11.7. The second kappa shape index (κ2) is 6.83. The van der Waals surface area contributed by atoms with E-state index in [4.69, 9.17) is 4.74 Å². The third-order valence-corrected chi connectivity index (χ3v) is 4.85. The molecule has 5 rings (SSSR count). The van der Waals surface area contributed by atoms with E-state index < -0.39 is 5.97 Å². The Morgan fingerprint density at radius 2 is 1.72 bits per heavy atom. The Morgan fingerprint density at radius 1 is 0.966 bits per heavy atom. The predicted octanol–water partition coefficient (Wildman–Crippen LogP) is 4.81. The lowest BCUT2D eigenvalue weighted by Crippen LogP contribution is -2.23. The van der Waals surface area contributed by atoms with Gasteiger partial charge in [0.05, 0.1) is 17.1 Å². The molecule has 1 aliphatic heterocycles. The summed E-state index contributed by atoms with van der Waals surface area (Å²) in [6.07, 6.45) is 1.70. The summed E-state index contributed by atoms with van der Waals surface area (Å²) in [6.45, 7) is 0. The van der Waals surface area contributed by atoms with Gasteiger partial charge < -0.3 is 15.2 Å². The van der Waals surface area contributed by atoms with Crippen LogP contribution in [0.4, 0.5) is 5.95 Å². The fourth-order valence-electron chi connectivity index (χ4n) is 3.57. The van der Waals surface area contributed by atoms with E-state index in [2.05, 4.69) is 10.3 Å². The molecule has 0 bridgehead atoms. The molecule has 4 aromatic rings. The second-order valence-electron chi connectivity index (χ2n) is 6.74. The van der Waals surface area contributed by atoms with Crippen LogP contribution < -0.4 is 10.1 Å². The molecule has 0 saturated heterocycles. The quantitative estimate of drug-likeness (QED) is 0.529. The van der Waals surface area contributed by atoms with Crippen LogP contribution in [-0.4, -0.2) is 20.6 Å². The van der Waals surface area contributed by atoms with Crippen molar-refractivity contribution in [2.45, 2.75) is 6.04 Å². The lowest BCUT2D eigenvalue weighted by Gasteiger charge is -2.25. The molecule has 0 spiro atoms. The number of anilines is 1. The molecule has 6 heteroatoms. The van der Waals surface area contributed by atoms with Crippen LogP contribution in [0.2, 0.25) is 0 Å². The van der Waals surface area contributed by atoms with E-state index in [1.807, 2.05) is 83.4 Å². The van der Waals surface area contributed by atoms with E-state index in [1.54, 1.807) is 6.08 Å². The Kier molecular flexibility index (Phi) is 4.02. The molecule has 1 atom stereocenters. The topological polar surface area (TPSA) is 76.4 Å². The number of aromatic nitrogens is 2. The lowest BCUT2D eigenvalue weighted by atomic mass is 10.0. The third-order valence-electron chi connectivity index (χ3n) is 4.85. The van der Waals surface area contributed by atoms with Crippen molar-refractivity contribution in [3.05, 3.63) is 96.2 Å². The molecular formula is C23H17N3O3. The summed E-state index contributed by atoms with van der Waals surface area (Å²) in [5.41, 5.74) is 2.74. The minimum atomic E-state index is -1.02. The maximum atomic E-state index is 11.7. The van der Waals surface area contributed by atoms with Gasteiger partial charge in [-0.1, -0.05) is 42.5 Å². The lowest BCUT2D eigenvalue weighted by molar-refractivity contribution is -0.132. The first kappa shape index (κ1) is 17.1. The predicted molar refractivity (Wildman–Crippen MR) is 110 cm³/mol. The first-order valence-corrected chi connectivity index (χ1v) is 9.21. The van der Waals surface area contributed by atoms with Gasteiger partial charge in [0.1, 0.15) is 17.2 Å². The second-order valence-corrected chi connectivity index (χ2v) is 6.74. The maximum Gasteiger partial charge on any atom is 0.352 e. The van der Waals surface area contributed by atoms with Crippen LogP contribution in [0.5, 0.6) is 11.5 Å². The number of rotatable bonds is 4. The molecule has 0 fully saturated rings. The number of para-hydroxylation sites is 3. The number of aliphatic carboxylic acids is 1. The Morgan fingerprint density at radius 3 is 2.55 bits per heavy atom. The van der Waals surface area contributed by atoms with Gasteiger partial charge >= 0.3 is 5.97 Å². The van der Waals surface area contributed by atoms with Gasteiger partial charge in [-0.25, -0.2) is 9.78 Å². The van der Waals surface area contributed by atoms with Gasteiger partial charge in [-0.3, -0.25) is 4.57 Å². The standard InChI is InChI=1S/C23H17N3O3/c27-22(28)19-14-21(26-20-12-5-4-11-18(20)24-23(26)25-19)15-7-6-10-17(13-15)29-16-8-2-1-3-9-16/h1-14,21H,(H,24,25)(H,27,28). The van der Waals surface area contributed by atoms with Crippen molar-refractivity contribution >= 4 is 23.0 Å². The number of nitrogens with one attached hydrogen (secondary N) is 1. The summed E-state index contributed by atoms with van der Waals surface area (Å²) in [5.74, 6) is 0.907. The number of imidazole rings is 1. The number of fused-ring (bicyclic) bond motifs is 3. The Hall–Kier alpha value is -4.06. The highest BCUT2D eigenvalue weighted by Gasteiger charge is 2.27. The van der Waals surface area contributed by atoms with Crippen molar-refractivity contribution in [1.29, 1.82) is 0 Å². The summed E-state index contributed by atoms with van der Waals surface area (Å²) in [4.78, 5) is 16.2. The SMILES string of the molecule is O=C(O)C1=CC(c2cccc(Oc3ccccc3)c2)n2c(nc3ccccc32)N1. The third kappa shape index (κ3) is 3.10. The molecule has 0 amide bonds. The zero-order chi connectivity index (χ0) is 19.8. The number of hydrogen-bond donors (Lipinski definition) is 2. The van der Waals surface area contributed by atoms with E-state index in [0.29, 0.717) is 11.7 Å². The molecule has 3 aromatic carbocycles. The first-order chi connectivity index (χ1) is 14.2. The number of allylic oxidation sites excluding steroid dienone is 1. The zero-order valence-corrected chi connectivity index (χ0v) is 15.3. The molecule has 0 aliphatic carbocycles. The van der Waals surface area contributed by atoms with Crippen LogP contribution in [-0.2, 0) is 4.79 Å². The van der Waals surface area contributed by atoms with Crippen LogP contribution >= 0.6 is 0 Å². The van der Waals surface area contributed by atoms with Crippen LogP contribution in [0.15, 0.2) is 90.6 Å². The highest BCUT2D eigenvalue weighted by molar-refractivity contribution is 5.92. The van der Waals surface area contributed by atoms with Gasteiger partial charge in [0.2, 0.25) is 5.95 Å². The van der Waals surface area contributed by atoms with Crippen molar-refractivity contribution in [2.24, 2.45) is 0 Å². The number of ether oxygens (including phenoxy) is 1. The molecular weight excluding hydrogens is 366 g/mol. The molecule has 6 nitrogen and oxygen atoms in total. The van der Waals surface area contributed by atoms with Crippen LogP contribution in [0, 0.1) is 0 Å². The van der Waals surface area contributed by atoms with Crippen molar-refractivity contribution in [3.8, 4) is 11.5 Å². The van der Waals surface area contributed by atoms with Gasteiger partial charge in [0.15, 0.2) is 0 Å². The Balaban J connectivity index is 1.61. The smallest absolute Gasteiger partial charge is 0.352 e. The van der Waals surface area contributed by atoms with Crippen molar-refractivity contribution < 1.29 is 14.6 Å². The van der Waals surface area contributed by atoms with Crippen molar-refractivity contribution in [1.82, 2.24) is 9.55 Å². The molecule has 1 aromatic heterocycles. The zero-order valence-electron chi connectivity index (χ0n) is 15.3. The summed E-state index contributed by atoms with van der Waals surface area (Å²) in [6, 6.07) is 24.6. The van der Waals surface area contributed by atoms with Crippen LogP contribution in [0.25, 0.3) is 11.0 Å². The van der Waals surface area contributed by atoms with Crippen molar-refractivity contribution in [3.63, 3.8) is 0 Å². The van der Waals surface area contributed by atoms with Crippen LogP contribution in [0.1, 0.15) is 11.6 Å². The number of carboxylic acid groups (broad SMARTS) is 1. The molecule has 2 N–H and O–H groups in total. The number of benzene rings is 3. The van der Waals surface area contributed by atoms with Gasteiger partial charge in [-0.05, 0) is 48.0 Å². The van der Waals surface area contributed by atoms with Gasteiger partial charge in [0, 0.05) is 0 Å². The minimum absolute atomic E-state index is 0.104. The number of carboxylic acids is 1. The summed E-state index contributed by atoms with van der Waals surface area (Å²) < 4.78 is 7.97. The molecule has 142 valence electrons. The van der Waals surface area contributed by atoms with E-state index in [9.17, 15) is 9.90 Å². The number of hydrogen-bond acceptors (Lipinski definition) is 4. The van der Waals surface area contributed by atoms with Crippen molar-refractivity contribution in [2.75, 3.05) is 5.32 Å². The summed E-state index contributed by atoms with van der Waals surface area (Å²) in [5, 5.41) is 12.5. The highest BCUT2D eigenvalue weighted by Crippen LogP contribution is 2.36. The first-order valence-electron chi connectivity index (χ1n) is 9.21. The molecule has 0 radical (unpaired) electrons. The average Bonchev–Trinajstić information content (AvgIpc) is 3.12. The number of carbonyl (C=O) groups is 1. The fourth-order valence-corrected chi connectivity index (χ4v) is 3.57. The normalized spacial score (nSPS) is 15.3. The van der Waals surface area contributed by atoms with Gasteiger partial charge in [0.25, 0.3) is 0 Å². The molecule has 2 heterocycles. The summed E-state index contributed by atoms with van der Waals surface area (Å²) in [7, 11) is 0. The fraction of sp³-hybridized carbons (Fsp3) is 0.0435. The average molecular weight is 383 g/mol. The Labute approximate surface area is 166 Å². The van der Waals surface area contributed by atoms with E-state index >= 15 is 0 Å². The monoisotopic (exact) mass is 383 g/mol. The molecule has 1 aliphatic rings. The molecule has 1 unspecified atom stereocenters. The van der Waals surface area contributed by atoms with E-state index in [0.717, 1.165) is 22.3 Å². The largest absolute Gasteiger partial charge is 0.477 e. The highest BCUT2D eigenvalue weighted by atomic mass is 16.5. The summed E-state index contributed by atoms with van der Waals surface area (Å²) >= 11 is 0.